The SMILES string of the molecule is COc1cc(NC(C)CCCN(Cc2ccc(N(C)C)cc2)C(=O)c2ccc(Cl)c(Cl)c2)c2ncccc2c1. The van der Waals surface area contributed by atoms with E-state index in [1.54, 1.807) is 31.5 Å². The summed E-state index contributed by atoms with van der Waals surface area (Å²) in [5.41, 5.74) is 4.54. The van der Waals surface area contributed by atoms with Crippen molar-refractivity contribution in [2.45, 2.75) is 32.4 Å². The van der Waals surface area contributed by atoms with Crippen LogP contribution in [0.15, 0.2) is 72.9 Å². The van der Waals surface area contributed by atoms with E-state index in [9.17, 15) is 4.79 Å². The number of nitrogens with one attached hydrogen (secondary N) is 1. The molecule has 4 aromatic rings. The van der Waals surface area contributed by atoms with Crippen LogP contribution in [0.4, 0.5) is 11.4 Å². The first-order valence-electron chi connectivity index (χ1n) is 12.9. The average molecular weight is 566 g/mol. The lowest BCUT2D eigenvalue weighted by atomic mass is 10.1. The number of carbonyl (C=O) groups is 1. The van der Waals surface area contributed by atoms with Crippen molar-refractivity contribution in [3.05, 3.63) is 94.1 Å². The van der Waals surface area contributed by atoms with Crippen molar-refractivity contribution in [3.63, 3.8) is 0 Å². The normalized spacial score (nSPS) is 11.7. The third kappa shape index (κ3) is 7.34. The van der Waals surface area contributed by atoms with Crippen LogP contribution in [-0.2, 0) is 6.54 Å². The molecule has 1 aromatic heterocycles. The minimum atomic E-state index is -0.0751. The third-order valence-corrected chi connectivity index (χ3v) is 7.40. The number of anilines is 2. The van der Waals surface area contributed by atoms with Crippen LogP contribution in [0.25, 0.3) is 10.9 Å². The minimum absolute atomic E-state index is 0.0751. The summed E-state index contributed by atoms with van der Waals surface area (Å²) in [5, 5.41) is 5.41. The Morgan fingerprint density at radius 1 is 1.03 bits per heavy atom. The molecule has 0 saturated carbocycles. The molecular formula is C31H34Cl2N4O2. The molecule has 0 fully saturated rings. The Morgan fingerprint density at radius 2 is 1.79 bits per heavy atom. The molecule has 39 heavy (non-hydrogen) atoms. The number of pyridine rings is 1. The van der Waals surface area contributed by atoms with Gasteiger partial charge in [-0.25, -0.2) is 0 Å². The number of benzene rings is 3. The van der Waals surface area contributed by atoms with Gasteiger partial charge in [0.1, 0.15) is 5.75 Å². The molecule has 4 rings (SSSR count). The molecule has 1 N–H and O–H groups in total. The van der Waals surface area contributed by atoms with E-state index in [0.717, 1.165) is 46.4 Å². The van der Waals surface area contributed by atoms with Gasteiger partial charge in [-0.3, -0.25) is 9.78 Å². The molecule has 1 unspecified atom stereocenters. The van der Waals surface area contributed by atoms with Crippen LogP contribution >= 0.6 is 23.2 Å². The summed E-state index contributed by atoms with van der Waals surface area (Å²) >= 11 is 12.3. The van der Waals surface area contributed by atoms with Gasteiger partial charge in [0.15, 0.2) is 0 Å². The molecule has 3 aromatic carbocycles. The van der Waals surface area contributed by atoms with Crippen LogP contribution in [0.5, 0.6) is 5.75 Å². The molecule has 1 amide bonds. The maximum atomic E-state index is 13.5. The number of ether oxygens (including phenoxy) is 1. The van der Waals surface area contributed by atoms with E-state index in [0.29, 0.717) is 28.7 Å². The number of hydrogen-bond donors (Lipinski definition) is 1. The number of amides is 1. The largest absolute Gasteiger partial charge is 0.497 e. The first-order chi connectivity index (χ1) is 18.7. The molecule has 1 atom stereocenters. The highest BCUT2D eigenvalue weighted by molar-refractivity contribution is 6.42. The number of carbonyl (C=O) groups excluding carboxylic acids is 1. The van der Waals surface area contributed by atoms with E-state index in [4.69, 9.17) is 27.9 Å². The van der Waals surface area contributed by atoms with Gasteiger partial charge >= 0.3 is 0 Å². The number of halogens is 2. The third-order valence-electron chi connectivity index (χ3n) is 6.66. The van der Waals surface area contributed by atoms with Gasteiger partial charge in [0.05, 0.1) is 28.4 Å². The van der Waals surface area contributed by atoms with E-state index in [2.05, 4.69) is 46.4 Å². The van der Waals surface area contributed by atoms with Gasteiger partial charge in [0.2, 0.25) is 0 Å². The second-order valence-electron chi connectivity index (χ2n) is 9.85. The first-order valence-corrected chi connectivity index (χ1v) is 13.7. The second kappa shape index (κ2) is 13.0. The molecule has 0 spiro atoms. The summed E-state index contributed by atoms with van der Waals surface area (Å²) in [5.74, 6) is 0.706. The van der Waals surface area contributed by atoms with Gasteiger partial charge in [0, 0.05) is 62.1 Å². The number of nitrogens with zero attached hydrogens (tertiary/aromatic N) is 3. The Balaban J connectivity index is 1.46. The number of fused-ring (bicyclic) bond motifs is 1. The summed E-state index contributed by atoms with van der Waals surface area (Å²) in [6.45, 7) is 3.23. The summed E-state index contributed by atoms with van der Waals surface area (Å²) in [4.78, 5) is 22.0. The number of aromatic nitrogens is 1. The lowest BCUT2D eigenvalue weighted by molar-refractivity contribution is 0.0739. The predicted octanol–water partition coefficient (Wildman–Crippen LogP) is 7.54. The van der Waals surface area contributed by atoms with Gasteiger partial charge in [0.25, 0.3) is 5.91 Å². The highest BCUT2D eigenvalue weighted by Crippen LogP contribution is 2.29. The maximum absolute atomic E-state index is 13.5. The molecule has 0 aliphatic heterocycles. The predicted molar refractivity (Wildman–Crippen MR) is 163 cm³/mol. The van der Waals surface area contributed by atoms with Crippen molar-refractivity contribution in [1.82, 2.24) is 9.88 Å². The molecule has 204 valence electrons. The summed E-state index contributed by atoms with van der Waals surface area (Å²) in [6.07, 6.45) is 3.46. The van der Waals surface area contributed by atoms with Crippen LogP contribution in [0.3, 0.4) is 0 Å². The standard InChI is InChI=1S/C31H34Cl2N4O2/c1-21(35-29-19-26(39-4)17-23-8-5-15-34-30(23)29)7-6-16-37(20-22-9-12-25(13-10-22)36(2)3)31(38)24-11-14-27(32)28(33)18-24/h5,8-15,17-19,21,35H,6-7,16,20H2,1-4H3. The van der Waals surface area contributed by atoms with Crippen molar-refractivity contribution in [1.29, 1.82) is 0 Å². The monoisotopic (exact) mass is 564 g/mol. The van der Waals surface area contributed by atoms with E-state index >= 15 is 0 Å². The Kier molecular flexibility index (Phi) is 9.54. The lowest BCUT2D eigenvalue weighted by Crippen LogP contribution is -2.32. The maximum Gasteiger partial charge on any atom is 0.254 e. The van der Waals surface area contributed by atoms with Crippen LogP contribution < -0.4 is 15.0 Å². The molecule has 0 saturated heterocycles. The molecule has 0 aliphatic carbocycles. The molecule has 6 nitrogen and oxygen atoms in total. The zero-order valence-corrected chi connectivity index (χ0v) is 24.3. The fourth-order valence-corrected chi connectivity index (χ4v) is 4.80. The fourth-order valence-electron chi connectivity index (χ4n) is 4.50. The van der Waals surface area contributed by atoms with Crippen LogP contribution in [0, 0.1) is 0 Å². The molecule has 0 bridgehead atoms. The first kappa shape index (κ1) is 28.5. The molecule has 1 heterocycles. The molecule has 0 radical (unpaired) electrons. The number of rotatable bonds is 11. The topological polar surface area (TPSA) is 57.7 Å². The fraction of sp³-hybridized carbons (Fsp3) is 0.290. The van der Waals surface area contributed by atoms with Crippen molar-refractivity contribution >= 4 is 51.4 Å². The molecule has 0 aliphatic rings. The average Bonchev–Trinajstić information content (AvgIpc) is 2.93. The molecular weight excluding hydrogens is 531 g/mol. The van der Waals surface area contributed by atoms with E-state index in [-0.39, 0.29) is 11.9 Å². The van der Waals surface area contributed by atoms with Gasteiger partial charge in [-0.05, 0) is 67.8 Å². The van der Waals surface area contributed by atoms with Gasteiger partial charge in [-0.2, -0.15) is 0 Å². The van der Waals surface area contributed by atoms with E-state index in [1.165, 1.54) is 0 Å². The Bertz CT molecular complexity index is 1430. The smallest absolute Gasteiger partial charge is 0.254 e. The van der Waals surface area contributed by atoms with E-state index < -0.39 is 0 Å². The van der Waals surface area contributed by atoms with Crippen molar-refractivity contribution in [3.8, 4) is 5.75 Å². The Morgan fingerprint density at radius 3 is 2.49 bits per heavy atom. The highest BCUT2D eigenvalue weighted by atomic mass is 35.5. The zero-order valence-electron chi connectivity index (χ0n) is 22.7. The summed E-state index contributed by atoms with van der Waals surface area (Å²) in [6, 6.07) is 21.3. The second-order valence-corrected chi connectivity index (χ2v) is 10.7. The van der Waals surface area contributed by atoms with Gasteiger partial charge in [-0.15, -0.1) is 0 Å². The number of methoxy groups -OCH3 is 1. The quantitative estimate of drug-likeness (QED) is 0.204. The van der Waals surface area contributed by atoms with Crippen LogP contribution in [0.2, 0.25) is 10.0 Å². The summed E-state index contributed by atoms with van der Waals surface area (Å²) < 4.78 is 5.49. The van der Waals surface area contributed by atoms with Gasteiger partial charge in [-0.1, -0.05) is 41.4 Å². The van der Waals surface area contributed by atoms with Crippen LogP contribution in [-0.4, -0.2) is 49.6 Å². The van der Waals surface area contributed by atoms with Gasteiger partial charge < -0.3 is 19.9 Å². The highest BCUT2D eigenvalue weighted by Gasteiger charge is 2.18. The zero-order chi connectivity index (χ0) is 27.9. The van der Waals surface area contributed by atoms with Crippen LogP contribution in [0.1, 0.15) is 35.7 Å². The van der Waals surface area contributed by atoms with Crippen molar-refractivity contribution in [2.24, 2.45) is 0 Å². The van der Waals surface area contributed by atoms with Crippen molar-refractivity contribution < 1.29 is 9.53 Å². The lowest BCUT2D eigenvalue weighted by Gasteiger charge is -2.25. The Hall–Kier alpha value is -3.48. The molecule has 8 heteroatoms. The van der Waals surface area contributed by atoms with E-state index in [1.807, 2.05) is 43.3 Å². The Labute approximate surface area is 240 Å². The minimum Gasteiger partial charge on any atom is -0.497 e. The van der Waals surface area contributed by atoms with Crippen molar-refractivity contribution in [2.75, 3.05) is 38.0 Å². The summed E-state index contributed by atoms with van der Waals surface area (Å²) in [7, 11) is 5.68. The number of hydrogen-bond acceptors (Lipinski definition) is 5.